The van der Waals surface area contributed by atoms with Crippen molar-refractivity contribution in [3.63, 3.8) is 0 Å². The molecule has 3 aromatic carbocycles. The maximum atomic E-state index is 12.7. The lowest BCUT2D eigenvalue weighted by Crippen LogP contribution is -2.39. The minimum atomic E-state index is 0.0277. The normalized spacial score (nSPS) is 10.7. The average Bonchev–Trinajstić information content (AvgIpc) is 2.72. The highest BCUT2D eigenvalue weighted by atomic mass is 32.1. The van der Waals surface area contributed by atoms with Crippen molar-refractivity contribution < 1.29 is 14.1 Å². The smallest absolute Gasteiger partial charge is 0.381 e. The first-order valence-corrected chi connectivity index (χ1v) is 9.12. The van der Waals surface area contributed by atoms with Crippen LogP contribution in [0.4, 0.5) is 0 Å². The summed E-state index contributed by atoms with van der Waals surface area (Å²) in [5, 5.41) is 1.99. The summed E-state index contributed by atoms with van der Waals surface area (Å²) >= 11 is 4.48. The van der Waals surface area contributed by atoms with E-state index in [1.807, 2.05) is 95.7 Å². The second-order valence-electron chi connectivity index (χ2n) is 6.20. The Morgan fingerprint density at radius 1 is 0.852 bits per heavy atom. The number of thiol groups is 1. The van der Waals surface area contributed by atoms with Gasteiger partial charge in [-0.15, -0.1) is 12.6 Å². The molecule has 1 aromatic heterocycles. The molecule has 0 amide bonds. The molecule has 0 aliphatic carbocycles. The molecular weight excluding hydrogens is 354 g/mol. The van der Waals surface area contributed by atoms with Gasteiger partial charge in [-0.25, -0.2) is 0 Å². The number of rotatable bonds is 5. The molecule has 0 saturated carbocycles. The van der Waals surface area contributed by atoms with Crippen LogP contribution < -0.4 is 9.30 Å². The van der Waals surface area contributed by atoms with Gasteiger partial charge in [0.25, 0.3) is 0 Å². The largest absolute Gasteiger partial charge is 0.403 e. The third-order valence-corrected chi connectivity index (χ3v) is 4.74. The van der Waals surface area contributed by atoms with Crippen LogP contribution in [0.15, 0.2) is 96.0 Å². The summed E-state index contributed by atoms with van der Waals surface area (Å²) in [7, 11) is 0. The van der Waals surface area contributed by atoms with E-state index in [9.17, 15) is 4.79 Å². The lowest BCUT2D eigenvalue weighted by atomic mass is 10.1. The van der Waals surface area contributed by atoms with E-state index in [1.54, 1.807) is 0 Å². The van der Waals surface area contributed by atoms with Gasteiger partial charge in [-0.1, -0.05) is 60.7 Å². The molecule has 0 aliphatic heterocycles. The highest BCUT2D eigenvalue weighted by molar-refractivity contribution is 7.80. The summed E-state index contributed by atoms with van der Waals surface area (Å²) in [6, 6.07) is 26.8. The fourth-order valence-electron chi connectivity index (χ4n) is 2.99. The minimum absolute atomic E-state index is 0.0277. The Kier molecular flexibility index (Phi) is 4.90. The van der Waals surface area contributed by atoms with Gasteiger partial charge in [0.1, 0.15) is 5.75 Å². The van der Waals surface area contributed by atoms with E-state index < -0.39 is 0 Å². The molecule has 0 aliphatic rings. The van der Waals surface area contributed by atoms with Crippen LogP contribution in [0.3, 0.4) is 0 Å². The number of nitrogens with zero attached hydrogens (tertiary/aromatic N) is 1. The summed E-state index contributed by atoms with van der Waals surface area (Å²) in [6.45, 7) is 0.193. The van der Waals surface area contributed by atoms with E-state index >= 15 is 0 Å². The second-order valence-corrected chi connectivity index (χ2v) is 6.68. The van der Waals surface area contributed by atoms with Crippen LogP contribution in [0.2, 0.25) is 0 Å². The standard InChI is InChI=1S/C23H17NO2S/c25-20(18-9-2-1-3-10-18)16-24-15-14-17-8-4-5-11-19(17)23(24)26-21-12-6-7-13-22(21)27/h1-15H,16H2/p+1. The molecule has 0 bridgehead atoms. The molecule has 0 radical (unpaired) electrons. The van der Waals surface area contributed by atoms with Crippen molar-refractivity contribution in [2.75, 3.05) is 0 Å². The van der Waals surface area contributed by atoms with Gasteiger partial charge in [0.2, 0.25) is 12.3 Å². The monoisotopic (exact) mass is 372 g/mol. The van der Waals surface area contributed by atoms with E-state index in [-0.39, 0.29) is 12.3 Å². The number of fused-ring (bicyclic) bond motifs is 1. The summed E-state index contributed by atoms with van der Waals surface area (Å²) < 4.78 is 8.07. The lowest BCUT2D eigenvalue weighted by Gasteiger charge is -2.10. The number of carbonyl (C=O) groups excluding carboxylic acids is 1. The quantitative estimate of drug-likeness (QED) is 0.300. The molecule has 1 heterocycles. The number of pyridine rings is 1. The van der Waals surface area contributed by atoms with Gasteiger partial charge in [-0.2, -0.15) is 4.57 Å². The number of carbonyl (C=O) groups is 1. The van der Waals surface area contributed by atoms with Crippen molar-refractivity contribution in [2.24, 2.45) is 0 Å². The first kappa shape index (κ1) is 17.3. The lowest BCUT2D eigenvalue weighted by molar-refractivity contribution is -0.685. The van der Waals surface area contributed by atoms with E-state index in [2.05, 4.69) is 12.6 Å². The van der Waals surface area contributed by atoms with Gasteiger partial charge in [-0.3, -0.25) is 4.79 Å². The van der Waals surface area contributed by atoms with Crippen LogP contribution >= 0.6 is 12.6 Å². The van der Waals surface area contributed by atoms with Crippen molar-refractivity contribution in [3.8, 4) is 11.6 Å². The number of benzene rings is 3. The molecule has 0 atom stereocenters. The van der Waals surface area contributed by atoms with Gasteiger partial charge in [0, 0.05) is 16.5 Å². The Bertz CT molecular complexity index is 1110. The maximum absolute atomic E-state index is 12.7. The molecule has 132 valence electrons. The maximum Gasteiger partial charge on any atom is 0.381 e. The number of para-hydroxylation sites is 1. The topological polar surface area (TPSA) is 30.2 Å². The predicted octanol–water partition coefficient (Wildman–Crippen LogP) is 5.09. The van der Waals surface area contributed by atoms with Gasteiger partial charge in [0.05, 0.1) is 5.39 Å². The predicted molar refractivity (Wildman–Crippen MR) is 109 cm³/mol. The summed E-state index contributed by atoms with van der Waals surface area (Å²) in [6.07, 6.45) is 1.89. The van der Waals surface area contributed by atoms with Crippen LogP contribution in [0.5, 0.6) is 11.6 Å². The molecule has 0 spiro atoms. The SMILES string of the molecule is O=C(C[n+]1ccc2ccccc2c1Oc1ccccc1S)c1ccccc1. The number of hydrogen-bond acceptors (Lipinski definition) is 3. The van der Waals surface area contributed by atoms with Crippen LogP contribution in [0, 0.1) is 0 Å². The zero-order chi connectivity index (χ0) is 18.6. The van der Waals surface area contributed by atoms with Gasteiger partial charge >= 0.3 is 5.88 Å². The third kappa shape index (κ3) is 3.71. The molecule has 0 N–H and O–H groups in total. The van der Waals surface area contributed by atoms with Crippen molar-refractivity contribution in [3.05, 3.63) is 96.7 Å². The fraction of sp³-hybridized carbons (Fsp3) is 0.0435. The Labute approximate surface area is 163 Å². The van der Waals surface area contributed by atoms with E-state index in [1.165, 1.54) is 0 Å². The Balaban J connectivity index is 1.78. The molecule has 4 aromatic rings. The number of hydrogen-bond donors (Lipinski definition) is 1. The van der Waals surface area contributed by atoms with E-state index in [0.29, 0.717) is 17.2 Å². The van der Waals surface area contributed by atoms with Crippen molar-refractivity contribution in [1.29, 1.82) is 0 Å². The summed E-state index contributed by atoms with van der Waals surface area (Å²) in [5.41, 5.74) is 0.679. The zero-order valence-corrected chi connectivity index (χ0v) is 15.5. The first-order valence-electron chi connectivity index (χ1n) is 8.67. The molecular formula is C23H18NO2S+. The first-order chi connectivity index (χ1) is 13.2. The van der Waals surface area contributed by atoms with Gasteiger partial charge < -0.3 is 4.74 Å². The zero-order valence-electron chi connectivity index (χ0n) is 14.6. The average molecular weight is 372 g/mol. The summed E-state index contributed by atoms with van der Waals surface area (Å²) in [5.74, 6) is 1.30. The highest BCUT2D eigenvalue weighted by Crippen LogP contribution is 2.30. The molecule has 3 nitrogen and oxygen atoms in total. The van der Waals surface area contributed by atoms with E-state index in [0.717, 1.165) is 15.7 Å². The van der Waals surface area contributed by atoms with Crippen LogP contribution in [0.1, 0.15) is 10.4 Å². The number of ether oxygens (including phenoxy) is 1. The Morgan fingerprint density at radius 2 is 1.56 bits per heavy atom. The van der Waals surface area contributed by atoms with Crippen LogP contribution in [-0.2, 0) is 6.54 Å². The number of aromatic nitrogens is 1. The third-order valence-electron chi connectivity index (χ3n) is 4.37. The second kappa shape index (κ2) is 7.64. The molecule has 4 rings (SSSR count). The molecule has 0 unspecified atom stereocenters. The van der Waals surface area contributed by atoms with Gasteiger partial charge in [-0.05, 0) is 23.6 Å². The van der Waals surface area contributed by atoms with Crippen LogP contribution in [0.25, 0.3) is 10.8 Å². The molecule has 27 heavy (non-hydrogen) atoms. The molecule has 0 fully saturated rings. The Hall–Kier alpha value is -3.11. The minimum Gasteiger partial charge on any atom is -0.403 e. The summed E-state index contributed by atoms with van der Waals surface area (Å²) in [4.78, 5) is 13.5. The van der Waals surface area contributed by atoms with Crippen molar-refractivity contribution in [2.45, 2.75) is 11.4 Å². The van der Waals surface area contributed by atoms with Crippen molar-refractivity contribution in [1.82, 2.24) is 0 Å². The highest BCUT2D eigenvalue weighted by Gasteiger charge is 2.22. The number of ketones is 1. The number of Topliss-reactive ketones (excluding diaryl/α,β-unsaturated/α-hetero) is 1. The fourth-order valence-corrected chi connectivity index (χ4v) is 3.19. The molecule has 4 heteroatoms. The Morgan fingerprint density at radius 3 is 2.37 bits per heavy atom. The molecule has 0 saturated heterocycles. The van der Waals surface area contributed by atoms with Crippen molar-refractivity contribution >= 4 is 29.2 Å². The van der Waals surface area contributed by atoms with Crippen LogP contribution in [-0.4, -0.2) is 5.78 Å². The van der Waals surface area contributed by atoms with Gasteiger partial charge in [0.15, 0.2) is 6.20 Å². The van der Waals surface area contributed by atoms with E-state index in [4.69, 9.17) is 4.74 Å².